The molecule has 6 nitrogen and oxygen atoms in total. The summed E-state index contributed by atoms with van der Waals surface area (Å²) in [5.74, 6) is -0.115. The molecule has 1 aromatic rings. The normalized spacial score (nSPS) is 20.9. The third-order valence-corrected chi connectivity index (χ3v) is 5.16. The Morgan fingerprint density at radius 3 is 2.85 bits per heavy atom. The molecule has 1 aliphatic heterocycles. The van der Waals surface area contributed by atoms with Gasteiger partial charge >= 0.3 is 0 Å². The van der Waals surface area contributed by atoms with Gasteiger partial charge < -0.3 is 15.7 Å². The molecule has 0 radical (unpaired) electrons. The molecule has 2 rings (SSSR count). The van der Waals surface area contributed by atoms with E-state index in [-0.39, 0.29) is 22.4 Å². The van der Waals surface area contributed by atoms with E-state index in [2.05, 4.69) is 9.62 Å². The van der Waals surface area contributed by atoms with Gasteiger partial charge in [0.2, 0.25) is 10.0 Å². The number of phenols is 1. The topological polar surface area (TPSA) is 95.7 Å². The molecule has 0 amide bonds. The Balaban J connectivity index is 2.05. The molecule has 0 aliphatic carbocycles. The average Bonchev–Trinajstić information content (AvgIpc) is 2.41. The van der Waals surface area contributed by atoms with E-state index in [1.54, 1.807) is 0 Å². The zero-order chi connectivity index (χ0) is 14.8. The Morgan fingerprint density at radius 2 is 2.20 bits per heavy atom. The zero-order valence-electron chi connectivity index (χ0n) is 11.5. The fraction of sp³-hybridized carbons (Fsp3) is 0.538. The molecule has 7 heteroatoms. The molecule has 1 unspecified atom stereocenters. The van der Waals surface area contributed by atoms with E-state index in [0.717, 1.165) is 25.8 Å². The van der Waals surface area contributed by atoms with Crippen LogP contribution in [0.5, 0.6) is 5.75 Å². The zero-order valence-corrected chi connectivity index (χ0v) is 12.4. The predicted molar refractivity (Wildman–Crippen MR) is 78.0 cm³/mol. The molecule has 1 aliphatic rings. The van der Waals surface area contributed by atoms with Crippen molar-refractivity contribution in [3.05, 3.63) is 18.2 Å². The summed E-state index contributed by atoms with van der Waals surface area (Å²) in [5.41, 5.74) is 5.59. The highest BCUT2D eigenvalue weighted by atomic mass is 32.2. The second-order valence-corrected chi connectivity index (χ2v) is 6.97. The highest BCUT2D eigenvalue weighted by Crippen LogP contribution is 2.23. The lowest BCUT2D eigenvalue weighted by Gasteiger charge is -2.32. The monoisotopic (exact) mass is 299 g/mol. The van der Waals surface area contributed by atoms with Gasteiger partial charge in [0.1, 0.15) is 5.75 Å². The highest BCUT2D eigenvalue weighted by Gasteiger charge is 2.22. The van der Waals surface area contributed by atoms with Crippen molar-refractivity contribution in [1.29, 1.82) is 0 Å². The maximum atomic E-state index is 12.2. The smallest absolute Gasteiger partial charge is 0.240 e. The number of nitrogens with zero attached hydrogens (tertiary/aromatic N) is 1. The van der Waals surface area contributed by atoms with E-state index >= 15 is 0 Å². The summed E-state index contributed by atoms with van der Waals surface area (Å²) >= 11 is 0. The maximum Gasteiger partial charge on any atom is 0.240 e. The van der Waals surface area contributed by atoms with E-state index < -0.39 is 10.0 Å². The number of rotatable bonds is 4. The maximum absolute atomic E-state index is 12.2. The summed E-state index contributed by atoms with van der Waals surface area (Å²) in [4.78, 5) is 2.25. The summed E-state index contributed by atoms with van der Waals surface area (Å²) in [5, 5.41) is 9.33. The van der Waals surface area contributed by atoms with Gasteiger partial charge in [0.25, 0.3) is 0 Å². The van der Waals surface area contributed by atoms with Gasteiger partial charge in [0.05, 0.1) is 10.6 Å². The first-order valence-corrected chi connectivity index (χ1v) is 8.17. The molecule has 1 aromatic carbocycles. The molecule has 0 aromatic heterocycles. The standard InChI is InChI=1S/C13H21N3O3S/c1-16-7-3-2-4-10(16)9-15-20(18,19)11-5-6-13(17)12(14)8-11/h5-6,8,10,15,17H,2-4,7,9,14H2,1H3. The number of likely N-dealkylation sites (N-methyl/N-ethyl adjacent to an activating group) is 1. The van der Waals surface area contributed by atoms with E-state index in [0.29, 0.717) is 6.54 Å². The van der Waals surface area contributed by atoms with Crippen LogP contribution in [0.3, 0.4) is 0 Å². The van der Waals surface area contributed by atoms with Gasteiger partial charge in [-0.25, -0.2) is 13.1 Å². The van der Waals surface area contributed by atoms with Crippen molar-refractivity contribution in [2.24, 2.45) is 0 Å². The Morgan fingerprint density at radius 1 is 1.45 bits per heavy atom. The molecule has 20 heavy (non-hydrogen) atoms. The van der Waals surface area contributed by atoms with E-state index in [9.17, 15) is 13.5 Å². The number of sulfonamides is 1. The van der Waals surface area contributed by atoms with Crippen LogP contribution in [0.1, 0.15) is 19.3 Å². The second-order valence-electron chi connectivity index (χ2n) is 5.20. The Bertz CT molecular complexity index is 574. The lowest BCUT2D eigenvalue weighted by Crippen LogP contribution is -2.44. The minimum atomic E-state index is -3.59. The number of likely N-dealkylation sites (tertiary alicyclic amines) is 1. The van der Waals surface area contributed by atoms with E-state index in [4.69, 9.17) is 5.73 Å². The summed E-state index contributed by atoms with van der Waals surface area (Å²) in [6, 6.07) is 4.13. The number of nitrogens with two attached hydrogens (primary N) is 1. The SMILES string of the molecule is CN1CCCCC1CNS(=O)(=O)c1ccc(O)c(N)c1. The van der Waals surface area contributed by atoms with Crippen molar-refractivity contribution in [1.82, 2.24) is 9.62 Å². The number of anilines is 1. The number of phenolic OH excluding ortho intramolecular Hbond substituents is 1. The van der Waals surface area contributed by atoms with Crippen molar-refractivity contribution in [2.45, 2.75) is 30.2 Å². The van der Waals surface area contributed by atoms with Crippen LogP contribution in [0.15, 0.2) is 23.1 Å². The lowest BCUT2D eigenvalue weighted by atomic mass is 10.0. The van der Waals surface area contributed by atoms with Crippen LogP contribution in [0.4, 0.5) is 5.69 Å². The van der Waals surface area contributed by atoms with Crippen molar-refractivity contribution < 1.29 is 13.5 Å². The van der Waals surface area contributed by atoms with Crippen molar-refractivity contribution in [3.8, 4) is 5.75 Å². The van der Waals surface area contributed by atoms with E-state index in [1.807, 2.05) is 7.05 Å². The van der Waals surface area contributed by atoms with E-state index in [1.165, 1.54) is 18.2 Å². The minimum Gasteiger partial charge on any atom is -0.506 e. The molecule has 1 atom stereocenters. The van der Waals surface area contributed by atoms with Gasteiger partial charge in [-0.1, -0.05) is 6.42 Å². The highest BCUT2D eigenvalue weighted by molar-refractivity contribution is 7.89. The number of nitrogens with one attached hydrogen (secondary N) is 1. The van der Waals surface area contributed by atoms with Crippen molar-refractivity contribution >= 4 is 15.7 Å². The Hall–Kier alpha value is -1.31. The molecule has 0 spiro atoms. The summed E-state index contributed by atoms with van der Waals surface area (Å²) < 4.78 is 27.0. The average molecular weight is 299 g/mol. The minimum absolute atomic E-state index is 0.0580. The Labute approximate surface area is 119 Å². The van der Waals surface area contributed by atoms with Gasteiger partial charge in [0.15, 0.2) is 0 Å². The Kier molecular flexibility index (Phi) is 4.52. The number of benzene rings is 1. The molecular formula is C13H21N3O3S. The first kappa shape index (κ1) is 15.1. The first-order chi connectivity index (χ1) is 9.40. The van der Waals surface area contributed by atoms with Crippen LogP contribution < -0.4 is 10.5 Å². The van der Waals surface area contributed by atoms with Crippen molar-refractivity contribution in [2.75, 3.05) is 25.9 Å². The number of hydrogen-bond donors (Lipinski definition) is 3. The number of nitrogen functional groups attached to an aromatic ring is 1. The quantitative estimate of drug-likeness (QED) is 0.563. The largest absolute Gasteiger partial charge is 0.506 e. The lowest BCUT2D eigenvalue weighted by molar-refractivity contribution is 0.187. The van der Waals surface area contributed by atoms with Gasteiger partial charge in [-0.3, -0.25) is 0 Å². The number of aromatic hydroxyl groups is 1. The molecule has 0 saturated carbocycles. The van der Waals surface area contributed by atoms with Crippen LogP contribution in [-0.2, 0) is 10.0 Å². The van der Waals surface area contributed by atoms with Gasteiger partial charge in [-0.15, -0.1) is 0 Å². The molecule has 1 saturated heterocycles. The summed E-state index contributed by atoms with van der Waals surface area (Å²) in [7, 11) is -1.58. The third kappa shape index (κ3) is 3.41. The second kappa shape index (κ2) is 5.99. The molecule has 0 bridgehead atoms. The molecular weight excluding hydrogens is 278 g/mol. The van der Waals surface area contributed by atoms with Crippen LogP contribution in [-0.4, -0.2) is 44.6 Å². The van der Waals surface area contributed by atoms with Crippen molar-refractivity contribution in [3.63, 3.8) is 0 Å². The van der Waals surface area contributed by atoms with Gasteiger partial charge in [0, 0.05) is 12.6 Å². The fourth-order valence-electron chi connectivity index (χ4n) is 2.39. The summed E-state index contributed by atoms with van der Waals surface area (Å²) in [6.45, 7) is 1.39. The van der Waals surface area contributed by atoms with Gasteiger partial charge in [-0.05, 0) is 44.6 Å². The first-order valence-electron chi connectivity index (χ1n) is 6.68. The van der Waals surface area contributed by atoms with Gasteiger partial charge in [-0.2, -0.15) is 0 Å². The molecule has 1 heterocycles. The molecule has 112 valence electrons. The molecule has 1 fully saturated rings. The van der Waals surface area contributed by atoms with Crippen LogP contribution >= 0.6 is 0 Å². The fourth-order valence-corrected chi connectivity index (χ4v) is 3.50. The third-order valence-electron chi connectivity index (χ3n) is 3.74. The number of hydrogen-bond acceptors (Lipinski definition) is 5. The van der Waals surface area contributed by atoms with Crippen LogP contribution in [0.2, 0.25) is 0 Å². The molecule has 4 N–H and O–H groups in total. The summed E-state index contributed by atoms with van der Waals surface area (Å²) in [6.07, 6.45) is 3.29. The van der Waals surface area contributed by atoms with Crippen LogP contribution in [0.25, 0.3) is 0 Å². The van der Waals surface area contributed by atoms with Crippen LogP contribution in [0, 0.1) is 0 Å². The predicted octanol–water partition coefficient (Wildman–Crippen LogP) is 0.737. The number of piperidine rings is 1.